The Labute approximate surface area is 307 Å². The quantitative estimate of drug-likeness (QED) is 0.145. The number of carbonyl (C=O) groups excluding carboxylic acids is 2. The van der Waals surface area contributed by atoms with Crippen molar-refractivity contribution in [3.8, 4) is 17.2 Å². The van der Waals surface area contributed by atoms with Crippen molar-refractivity contribution in [2.75, 3.05) is 20.3 Å². The number of carbonyl (C=O) groups is 2. The molecule has 0 saturated carbocycles. The third-order valence-corrected chi connectivity index (χ3v) is 10.9. The van der Waals surface area contributed by atoms with Gasteiger partial charge in [0.05, 0.1) is 54.9 Å². The number of thiophene rings is 1. The van der Waals surface area contributed by atoms with Gasteiger partial charge in [-0.25, -0.2) is 0 Å². The number of aryl methyl sites for hydroxylation is 2. The smallest absolute Gasteiger partial charge is 0.260 e. The summed E-state index contributed by atoms with van der Waals surface area (Å²) in [5, 5.41) is 2.05. The van der Waals surface area contributed by atoms with Crippen LogP contribution in [0.2, 0.25) is 0 Å². The molecule has 5 heterocycles. The fourth-order valence-corrected chi connectivity index (χ4v) is 7.85. The number of nitrogens with zero attached hydrogens (tertiary/aromatic N) is 4. The first kappa shape index (κ1) is 33.7. The lowest BCUT2D eigenvalue weighted by Crippen LogP contribution is -2.32. The van der Waals surface area contributed by atoms with Crippen LogP contribution in [0.3, 0.4) is 0 Å². The molecule has 0 spiro atoms. The van der Waals surface area contributed by atoms with E-state index >= 15 is 0 Å². The number of benzene rings is 3. The molecule has 8 rings (SSSR count). The molecule has 0 unspecified atom stereocenters. The van der Waals surface area contributed by atoms with Crippen molar-refractivity contribution in [1.29, 1.82) is 0 Å². The van der Waals surface area contributed by atoms with Crippen LogP contribution < -0.4 is 14.2 Å². The fraction of sp³-hybridized carbons (Fsp3) is 0.286. The first-order valence-corrected chi connectivity index (χ1v) is 18.6. The molecule has 52 heavy (non-hydrogen) atoms. The van der Waals surface area contributed by atoms with E-state index in [1.807, 2.05) is 60.2 Å². The summed E-state index contributed by atoms with van der Waals surface area (Å²) in [6, 6.07) is 19.6. The number of unbranched alkanes of at least 4 members (excludes halogenated alkanes) is 2. The zero-order chi connectivity index (χ0) is 35.8. The van der Waals surface area contributed by atoms with Crippen LogP contribution in [0.1, 0.15) is 74.4 Å². The van der Waals surface area contributed by atoms with Crippen molar-refractivity contribution in [2.24, 2.45) is 9.98 Å². The lowest BCUT2D eigenvalue weighted by molar-refractivity contribution is 0.0809. The van der Waals surface area contributed by atoms with Gasteiger partial charge in [0.2, 0.25) is 0 Å². The summed E-state index contributed by atoms with van der Waals surface area (Å²) in [6.45, 7) is 5.06. The van der Waals surface area contributed by atoms with Crippen molar-refractivity contribution in [3.05, 3.63) is 111 Å². The highest BCUT2D eigenvalue weighted by molar-refractivity contribution is 7.11. The summed E-state index contributed by atoms with van der Waals surface area (Å²) >= 11 is 1.67. The normalized spacial score (nSPS) is 18.6. The highest BCUT2D eigenvalue weighted by atomic mass is 32.1. The second-order valence-corrected chi connectivity index (χ2v) is 14.5. The maximum atomic E-state index is 13.6. The summed E-state index contributed by atoms with van der Waals surface area (Å²) in [4.78, 5) is 41.4. The predicted molar refractivity (Wildman–Crippen MR) is 206 cm³/mol. The van der Waals surface area contributed by atoms with E-state index in [2.05, 4.69) is 37.3 Å². The second kappa shape index (κ2) is 14.3. The maximum absolute atomic E-state index is 13.6. The van der Waals surface area contributed by atoms with E-state index < -0.39 is 0 Å². The van der Waals surface area contributed by atoms with Gasteiger partial charge in [0.15, 0.2) is 11.5 Å². The number of ether oxygens (including phenoxy) is 3. The lowest BCUT2D eigenvalue weighted by atomic mass is 10.0. The van der Waals surface area contributed by atoms with Gasteiger partial charge in [0.25, 0.3) is 11.8 Å². The molecule has 9 nitrogen and oxygen atoms in total. The molecule has 2 atom stereocenters. The first-order valence-electron chi connectivity index (χ1n) is 17.7. The van der Waals surface area contributed by atoms with Gasteiger partial charge in [-0.1, -0.05) is 35.9 Å². The van der Waals surface area contributed by atoms with E-state index in [-0.39, 0.29) is 23.9 Å². The summed E-state index contributed by atoms with van der Waals surface area (Å²) < 4.78 is 17.9. The molecule has 0 radical (unpaired) electrons. The molecular formula is C42H40N4O5S. The Morgan fingerprint density at radius 2 is 1.35 bits per heavy atom. The van der Waals surface area contributed by atoms with E-state index in [9.17, 15) is 9.59 Å². The van der Waals surface area contributed by atoms with Crippen molar-refractivity contribution in [2.45, 2.75) is 58.0 Å². The summed E-state index contributed by atoms with van der Waals surface area (Å²) in [5.74, 6) is 1.68. The fourth-order valence-electron chi connectivity index (χ4n) is 7.10. The number of fused-ring (bicyclic) bond motifs is 4. The summed E-state index contributed by atoms with van der Waals surface area (Å²) in [7, 11) is 1.58. The zero-order valence-corrected chi connectivity index (χ0v) is 30.3. The maximum Gasteiger partial charge on any atom is 0.260 e. The zero-order valence-electron chi connectivity index (χ0n) is 29.5. The molecule has 0 aliphatic carbocycles. The Bertz CT molecular complexity index is 2150. The number of amides is 2. The number of rotatable bonds is 11. The molecule has 4 aromatic rings. The van der Waals surface area contributed by atoms with E-state index in [0.717, 1.165) is 60.1 Å². The largest absolute Gasteiger partial charge is 0.493 e. The van der Waals surface area contributed by atoms with Gasteiger partial charge in [0.1, 0.15) is 5.75 Å². The van der Waals surface area contributed by atoms with Crippen LogP contribution in [-0.4, -0.2) is 66.5 Å². The molecule has 3 aromatic carbocycles. The molecule has 0 fully saturated rings. The molecule has 10 heteroatoms. The van der Waals surface area contributed by atoms with Gasteiger partial charge in [-0.05, 0) is 79.0 Å². The SMILES string of the molecule is COc1cc2c(cc1OCCCCCOc1cc3c(cc1C)C(=O)N1C=C(c4ccc(C)cc4)C[C@H]1C=N3)N=C[C@@H]1CC(c3cccs3)=CN1C2=O. The molecule has 0 N–H and O–H groups in total. The molecule has 4 aliphatic heterocycles. The van der Waals surface area contributed by atoms with Crippen LogP contribution in [0.25, 0.3) is 11.1 Å². The van der Waals surface area contributed by atoms with Gasteiger partial charge < -0.3 is 24.0 Å². The van der Waals surface area contributed by atoms with E-state index in [4.69, 9.17) is 24.2 Å². The molecule has 264 valence electrons. The minimum absolute atomic E-state index is 0.0420. The molecule has 1 aromatic heterocycles. The van der Waals surface area contributed by atoms with Crippen molar-refractivity contribution in [3.63, 3.8) is 0 Å². The number of aliphatic imine (C=N–C) groups is 2. The van der Waals surface area contributed by atoms with Gasteiger partial charge in [-0.15, -0.1) is 11.3 Å². The van der Waals surface area contributed by atoms with Crippen LogP contribution in [0, 0.1) is 13.8 Å². The van der Waals surface area contributed by atoms with E-state index in [0.29, 0.717) is 47.2 Å². The molecule has 2 amide bonds. The van der Waals surface area contributed by atoms with Crippen LogP contribution in [0.15, 0.2) is 88.4 Å². The monoisotopic (exact) mass is 712 g/mol. The highest BCUT2D eigenvalue weighted by Gasteiger charge is 2.35. The van der Waals surface area contributed by atoms with Gasteiger partial charge in [-0.3, -0.25) is 19.6 Å². The minimum atomic E-state index is -0.118. The lowest BCUT2D eigenvalue weighted by Gasteiger charge is -2.19. The molecule has 0 saturated heterocycles. The Morgan fingerprint density at radius 3 is 2.00 bits per heavy atom. The average Bonchev–Trinajstić information content (AvgIpc) is 3.91. The topological polar surface area (TPSA) is 93.0 Å². The Kier molecular flexibility index (Phi) is 9.23. The van der Waals surface area contributed by atoms with Gasteiger partial charge in [-0.2, -0.15) is 0 Å². The number of hydrogen-bond acceptors (Lipinski definition) is 8. The third-order valence-electron chi connectivity index (χ3n) is 10.0. The standard InChI is InChI=1S/C42H40N4O5S/c1-26-9-11-28(12-10-26)29-17-31-22-43-35-20-37(27(2)16-33(35)41(47)45(31)24-29)50-13-5-4-6-14-51-39-21-36-34(19-38(39)49-3)42(48)46-25-30(18-32(46)23-44-36)40-8-7-15-52-40/h7-12,15-16,19-25,31-32H,4-6,13-14,17-18H2,1-3H3/t31-,32-/m0/s1. The number of methoxy groups -OCH3 is 1. The molecule has 0 bridgehead atoms. The van der Waals surface area contributed by atoms with Crippen molar-refractivity contribution in [1.82, 2.24) is 9.80 Å². The van der Waals surface area contributed by atoms with Crippen molar-refractivity contribution >= 4 is 58.1 Å². The highest BCUT2D eigenvalue weighted by Crippen LogP contribution is 2.41. The van der Waals surface area contributed by atoms with E-state index in [1.54, 1.807) is 35.5 Å². The van der Waals surface area contributed by atoms with Crippen LogP contribution in [-0.2, 0) is 0 Å². The van der Waals surface area contributed by atoms with Gasteiger partial charge in [0, 0.05) is 54.7 Å². The van der Waals surface area contributed by atoms with E-state index in [1.165, 1.54) is 10.4 Å². The second-order valence-electron chi connectivity index (χ2n) is 13.6. The summed E-state index contributed by atoms with van der Waals surface area (Å²) in [6.07, 6.45) is 11.7. The van der Waals surface area contributed by atoms with Crippen LogP contribution in [0.5, 0.6) is 17.2 Å². The Morgan fingerprint density at radius 1 is 0.731 bits per heavy atom. The number of hydrogen-bond donors (Lipinski definition) is 0. The predicted octanol–water partition coefficient (Wildman–Crippen LogP) is 8.94. The van der Waals surface area contributed by atoms with Crippen LogP contribution in [0.4, 0.5) is 11.4 Å². The molecular weight excluding hydrogens is 673 g/mol. The Balaban J connectivity index is 0.840. The average molecular weight is 713 g/mol. The van der Waals surface area contributed by atoms with Crippen LogP contribution >= 0.6 is 11.3 Å². The molecule has 4 aliphatic rings. The van der Waals surface area contributed by atoms with Gasteiger partial charge >= 0.3 is 0 Å². The minimum Gasteiger partial charge on any atom is -0.493 e. The van der Waals surface area contributed by atoms with Crippen molar-refractivity contribution < 1.29 is 23.8 Å². The Hall–Kier alpha value is -5.48. The first-order chi connectivity index (χ1) is 25.4. The third kappa shape index (κ3) is 6.54. The summed E-state index contributed by atoms with van der Waals surface area (Å²) in [5.41, 5.74) is 7.84.